The van der Waals surface area contributed by atoms with Gasteiger partial charge in [0.05, 0.1) is 0 Å². The summed E-state index contributed by atoms with van der Waals surface area (Å²) in [6.45, 7) is 13.9. The third kappa shape index (κ3) is 23.1. The average molecular weight is 397 g/mol. The lowest BCUT2D eigenvalue weighted by Gasteiger charge is -2.11. The van der Waals surface area contributed by atoms with Gasteiger partial charge in [0.15, 0.2) is 0 Å². The molecule has 0 aromatic carbocycles. The van der Waals surface area contributed by atoms with E-state index in [-0.39, 0.29) is 28.3 Å². The van der Waals surface area contributed by atoms with E-state index in [4.69, 9.17) is 0 Å². The summed E-state index contributed by atoms with van der Waals surface area (Å²) in [6.07, 6.45) is 17.7. The summed E-state index contributed by atoms with van der Waals surface area (Å²) in [5.74, 6) is 0. The molecule has 26 heavy (non-hydrogen) atoms. The summed E-state index contributed by atoms with van der Waals surface area (Å²) in [5, 5.41) is 9.43. The van der Waals surface area contributed by atoms with Crippen molar-refractivity contribution in [2.75, 3.05) is 0 Å². The molecule has 0 atom stereocenters. The molecule has 0 nitrogen and oxygen atoms in total. The molecule has 0 aliphatic rings. The van der Waals surface area contributed by atoms with E-state index in [0.717, 1.165) is 0 Å². The molecule has 0 aromatic heterocycles. The third-order valence-electron chi connectivity index (χ3n) is 6.13. The van der Waals surface area contributed by atoms with Gasteiger partial charge in [-0.25, -0.2) is 0 Å². The third-order valence-corrected chi connectivity index (χ3v) is 13.3. The molecule has 0 aliphatic heterocycles. The van der Waals surface area contributed by atoms with E-state index in [1.807, 2.05) is 0 Å². The number of unbranched alkanes of at least 4 members (excludes halogenated alkanes) is 9. The van der Waals surface area contributed by atoms with Gasteiger partial charge in [-0.1, -0.05) is 150 Å². The Morgan fingerprint density at radius 2 is 0.654 bits per heavy atom. The van der Waals surface area contributed by atoms with Crippen LogP contribution in [0.2, 0.25) is 31.7 Å². The molecule has 0 aromatic rings. The molecule has 156 valence electrons. The molecule has 0 spiro atoms. The Kier molecular flexibility index (Phi) is 29.3. The van der Waals surface area contributed by atoms with Crippen LogP contribution in [0.5, 0.6) is 0 Å². The van der Waals surface area contributed by atoms with Gasteiger partial charge in [-0.15, -0.1) is 0 Å². The van der Waals surface area contributed by atoms with E-state index in [0.29, 0.717) is 0 Å². The minimum absolute atomic E-state index is 0.171. The molecule has 0 bridgehead atoms. The van der Waals surface area contributed by atoms with Crippen LogP contribution in [-0.4, -0.2) is 28.3 Å². The first-order chi connectivity index (χ1) is 12.7. The molecular formula is C24H54Al2. The maximum absolute atomic E-state index is 2.32. The zero-order valence-corrected chi connectivity index (χ0v) is 22.2. The van der Waals surface area contributed by atoms with Gasteiger partial charge in [-0.2, -0.15) is 0 Å². The van der Waals surface area contributed by atoms with Crippen molar-refractivity contribution in [1.29, 1.82) is 0 Å². The normalized spacial score (nSPS) is 10.4. The fourth-order valence-electron chi connectivity index (χ4n) is 3.88. The van der Waals surface area contributed by atoms with Crippen molar-refractivity contribution in [2.24, 2.45) is 0 Å². The predicted octanol–water partition coefficient (Wildman–Crippen LogP) is 9.76. The van der Waals surface area contributed by atoms with Gasteiger partial charge in [0.25, 0.3) is 28.3 Å². The molecule has 0 rings (SSSR count). The molecule has 0 fully saturated rings. The Morgan fingerprint density at radius 1 is 0.346 bits per heavy atom. The van der Waals surface area contributed by atoms with Crippen LogP contribution in [0.25, 0.3) is 0 Å². The first-order valence-electron chi connectivity index (χ1n) is 12.7. The van der Waals surface area contributed by atoms with Crippen LogP contribution >= 0.6 is 0 Å². The van der Waals surface area contributed by atoms with Gasteiger partial charge in [0.2, 0.25) is 0 Å². The van der Waals surface area contributed by atoms with Gasteiger partial charge in [-0.3, -0.25) is 0 Å². The van der Waals surface area contributed by atoms with Crippen LogP contribution in [0.4, 0.5) is 0 Å². The lowest BCUT2D eigenvalue weighted by molar-refractivity contribution is 0.672. The summed E-state index contributed by atoms with van der Waals surface area (Å²) in [5.41, 5.74) is 0. The van der Waals surface area contributed by atoms with Gasteiger partial charge in [0, 0.05) is 0 Å². The van der Waals surface area contributed by atoms with E-state index in [1.54, 1.807) is 35.1 Å². The van der Waals surface area contributed by atoms with Crippen LogP contribution in [-0.2, 0) is 0 Å². The van der Waals surface area contributed by atoms with E-state index in [9.17, 15) is 0 Å². The van der Waals surface area contributed by atoms with Crippen LogP contribution in [0.15, 0.2) is 0 Å². The fourth-order valence-corrected chi connectivity index (χ4v) is 9.07. The topological polar surface area (TPSA) is 0 Å². The largest absolute Gasteiger partial charge is 0.261 e. The molecular weight excluding hydrogens is 342 g/mol. The van der Waals surface area contributed by atoms with Crippen molar-refractivity contribution in [3.05, 3.63) is 0 Å². The fraction of sp³-hybridized carbons (Fsp3) is 1.00. The van der Waals surface area contributed by atoms with Crippen molar-refractivity contribution in [3.63, 3.8) is 0 Å². The minimum atomic E-state index is -0.362. The maximum atomic E-state index is 2.32. The van der Waals surface area contributed by atoms with Crippen molar-refractivity contribution in [2.45, 2.75) is 150 Å². The molecule has 0 unspecified atom stereocenters. The first kappa shape index (κ1) is 29.3. The minimum Gasteiger partial charge on any atom is -0.0967 e. The van der Waals surface area contributed by atoms with Crippen molar-refractivity contribution >= 4 is 28.3 Å². The van der Waals surface area contributed by atoms with Crippen LogP contribution < -0.4 is 0 Å². The Hall–Kier alpha value is 1.06. The second-order valence-corrected chi connectivity index (χ2v) is 16.2. The first-order valence-corrected chi connectivity index (χ1v) is 17.6. The lowest BCUT2D eigenvalue weighted by atomic mass is 10.2. The Balaban J connectivity index is 0. The summed E-state index contributed by atoms with van der Waals surface area (Å²) in [7, 11) is 0. The van der Waals surface area contributed by atoms with Crippen LogP contribution in [0.1, 0.15) is 119 Å². The molecule has 2 heteroatoms. The molecule has 0 aliphatic carbocycles. The van der Waals surface area contributed by atoms with Gasteiger partial charge < -0.3 is 0 Å². The number of hydrogen-bond acceptors (Lipinski definition) is 0. The zero-order chi connectivity index (χ0) is 19.9. The Bertz CT molecular complexity index is 192. The molecule has 0 heterocycles. The molecule has 0 amide bonds. The number of rotatable bonds is 18. The summed E-state index contributed by atoms with van der Waals surface area (Å²) < 4.78 is 0. The maximum Gasteiger partial charge on any atom is 0.261 e. The van der Waals surface area contributed by atoms with Crippen LogP contribution in [0, 0.1) is 0 Å². The highest BCUT2D eigenvalue weighted by Crippen LogP contribution is 2.19. The molecule has 0 N–H and O–H groups in total. The van der Waals surface area contributed by atoms with E-state index in [2.05, 4.69) is 41.5 Å². The second-order valence-electron chi connectivity index (χ2n) is 8.50. The summed E-state index contributed by atoms with van der Waals surface area (Å²) in [6, 6.07) is 0. The molecule has 0 radical (unpaired) electrons. The molecule has 0 saturated carbocycles. The monoisotopic (exact) mass is 396 g/mol. The van der Waals surface area contributed by atoms with Crippen molar-refractivity contribution in [3.8, 4) is 0 Å². The highest BCUT2D eigenvalue weighted by molar-refractivity contribution is 6.58. The standard InChI is InChI=1S/3C6H13.3C2H5.2Al/c3*1-3-5-6-4-2;3*1-2;;/h3*1,3-6H2,2H3;3*1H2,2H3;;. The van der Waals surface area contributed by atoms with Gasteiger partial charge in [-0.05, 0) is 0 Å². The van der Waals surface area contributed by atoms with E-state index in [1.165, 1.54) is 73.6 Å². The highest BCUT2D eigenvalue weighted by Gasteiger charge is 2.15. The second kappa shape index (κ2) is 26.1. The Morgan fingerprint density at radius 3 is 0.846 bits per heavy atom. The quantitative estimate of drug-likeness (QED) is 0.160. The summed E-state index contributed by atoms with van der Waals surface area (Å²) in [4.78, 5) is 0. The van der Waals surface area contributed by atoms with E-state index < -0.39 is 0 Å². The van der Waals surface area contributed by atoms with Gasteiger partial charge >= 0.3 is 0 Å². The van der Waals surface area contributed by atoms with Gasteiger partial charge in [0.1, 0.15) is 0 Å². The van der Waals surface area contributed by atoms with Crippen molar-refractivity contribution in [1.82, 2.24) is 0 Å². The Labute approximate surface area is 178 Å². The van der Waals surface area contributed by atoms with E-state index >= 15 is 0 Å². The zero-order valence-electron chi connectivity index (χ0n) is 19.9. The highest BCUT2D eigenvalue weighted by atomic mass is 27.2. The SMILES string of the molecule is CCCCC[CH2][Al]([CH2]CCCCC)[CH2]CCCCC.C[CH2][Al]([CH2]C)[CH2]C. The summed E-state index contributed by atoms with van der Waals surface area (Å²) >= 11 is -0.533. The average Bonchev–Trinajstić information content (AvgIpc) is 2.67. The lowest BCUT2D eigenvalue weighted by Crippen LogP contribution is -2.11. The smallest absolute Gasteiger partial charge is 0.0967 e. The number of hydrogen-bond donors (Lipinski definition) is 0. The van der Waals surface area contributed by atoms with Crippen LogP contribution in [0.3, 0.4) is 0 Å². The van der Waals surface area contributed by atoms with Crippen molar-refractivity contribution < 1.29 is 0 Å². The molecule has 0 saturated heterocycles. The predicted molar refractivity (Wildman–Crippen MR) is 130 cm³/mol.